The fourth-order valence-electron chi connectivity index (χ4n) is 2.27. The second-order valence-corrected chi connectivity index (χ2v) is 6.34. The standard InChI is InChI=1S/C16H17NO3S/c1-11-3-6-15(21-11)16(18)17(2)10-12-4-5-13-14(9-12)20-8-7-19-13/h3-6,9H,7-8,10H2,1-2H3. The van der Waals surface area contributed by atoms with Crippen LogP contribution in [0.4, 0.5) is 0 Å². The maximum atomic E-state index is 12.3. The van der Waals surface area contributed by atoms with Crippen molar-refractivity contribution >= 4 is 17.2 Å². The number of hydrogen-bond acceptors (Lipinski definition) is 4. The number of fused-ring (bicyclic) bond motifs is 1. The smallest absolute Gasteiger partial charge is 0.263 e. The number of amides is 1. The number of rotatable bonds is 3. The molecule has 0 atom stereocenters. The van der Waals surface area contributed by atoms with Gasteiger partial charge in [-0.2, -0.15) is 0 Å². The number of carbonyl (C=O) groups is 1. The van der Waals surface area contributed by atoms with Crippen LogP contribution in [-0.4, -0.2) is 31.1 Å². The summed E-state index contributed by atoms with van der Waals surface area (Å²) in [7, 11) is 1.81. The first-order chi connectivity index (χ1) is 10.1. The van der Waals surface area contributed by atoms with Crippen LogP contribution < -0.4 is 9.47 Å². The highest BCUT2D eigenvalue weighted by Crippen LogP contribution is 2.31. The maximum absolute atomic E-state index is 12.3. The normalized spacial score (nSPS) is 13.0. The monoisotopic (exact) mass is 303 g/mol. The Balaban J connectivity index is 1.72. The fourth-order valence-corrected chi connectivity index (χ4v) is 3.13. The highest BCUT2D eigenvalue weighted by atomic mass is 32.1. The molecule has 0 unspecified atom stereocenters. The van der Waals surface area contributed by atoms with Crippen LogP contribution in [0.5, 0.6) is 11.5 Å². The van der Waals surface area contributed by atoms with Crippen molar-refractivity contribution in [2.75, 3.05) is 20.3 Å². The van der Waals surface area contributed by atoms with Gasteiger partial charge in [-0.15, -0.1) is 11.3 Å². The fraction of sp³-hybridized carbons (Fsp3) is 0.312. The SMILES string of the molecule is Cc1ccc(C(=O)N(C)Cc2ccc3c(c2)OCCO3)s1. The van der Waals surface area contributed by atoms with Crippen molar-refractivity contribution in [1.82, 2.24) is 4.90 Å². The Morgan fingerprint density at radius 1 is 1.19 bits per heavy atom. The molecule has 3 rings (SSSR count). The lowest BCUT2D eigenvalue weighted by atomic mass is 10.2. The number of ether oxygens (including phenoxy) is 2. The van der Waals surface area contributed by atoms with E-state index in [0.29, 0.717) is 19.8 Å². The zero-order chi connectivity index (χ0) is 14.8. The predicted molar refractivity (Wildman–Crippen MR) is 82.3 cm³/mol. The molecule has 0 bridgehead atoms. The third kappa shape index (κ3) is 3.03. The Bertz CT molecular complexity index is 665. The molecule has 0 spiro atoms. The van der Waals surface area contributed by atoms with Crippen LogP contribution in [0.1, 0.15) is 20.1 Å². The quantitative estimate of drug-likeness (QED) is 0.874. The molecule has 1 aliphatic rings. The van der Waals surface area contributed by atoms with E-state index in [0.717, 1.165) is 26.8 Å². The first-order valence-electron chi connectivity index (χ1n) is 6.84. The summed E-state index contributed by atoms with van der Waals surface area (Å²) in [5.74, 6) is 1.57. The van der Waals surface area contributed by atoms with Crippen molar-refractivity contribution in [3.05, 3.63) is 45.6 Å². The Labute approximate surface area is 127 Å². The minimum absolute atomic E-state index is 0.0444. The number of benzene rings is 1. The molecule has 110 valence electrons. The van der Waals surface area contributed by atoms with E-state index in [-0.39, 0.29) is 5.91 Å². The van der Waals surface area contributed by atoms with Gasteiger partial charge in [-0.3, -0.25) is 4.79 Å². The van der Waals surface area contributed by atoms with E-state index in [1.54, 1.807) is 4.90 Å². The van der Waals surface area contributed by atoms with Crippen LogP contribution in [0, 0.1) is 6.92 Å². The van der Waals surface area contributed by atoms with Crippen molar-refractivity contribution in [2.45, 2.75) is 13.5 Å². The van der Waals surface area contributed by atoms with E-state index in [1.807, 2.05) is 44.3 Å². The average molecular weight is 303 g/mol. The lowest BCUT2D eigenvalue weighted by molar-refractivity contribution is 0.0789. The molecule has 21 heavy (non-hydrogen) atoms. The minimum Gasteiger partial charge on any atom is -0.486 e. The van der Waals surface area contributed by atoms with Crippen molar-refractivity contribution in [2.24, 2.45) is 0 Å². The van der Waals surface area contributed by atoms with Crippen LogP contribution in [-0.2, 0) is 6.54 Å². The van der Waals surface area contributed by atoms with Crippen LogP contribution in [0.25, 0.3) is 0 Å². The summed E-state index contributed by atoms with van der Waals surface area (Å²) < 4.78 is 11.1. The van der Waals surface area contributed by atoms with Gasteiger partial charge >= 0.3 is 0 Å². The number of hydrogen-bond donors (Lipinski definition) is 0. The Kier molecular flexibility index (Phi) is 3.84. The summed E-state index contributed by atoms with van der Waals surface area (Å²) in [6.07, 6.45) is 0. The molecule has 1 aromatic carbocycles. The number of carbonyl (C=O) groups excluding carboxylic acids is 1. The summed E-state index contributed by atoms with van der Waals surface area (Å²) in [6, 6.07) is 9.66. The van der Waals surface area contributed by atoms with E-state index in [1.165, 1.54) is 11.3 Å². The molecule has 1 amide bonds. The zero-order valence-corrected chi connectivity index (χ0v) is 12.9. The van der Waals surface area contributed by atoms with Gasteiger partial charge < -0.3 is 14.4 Å². The lowest BCUT2D eigenvalue weighted by Crippen LogP contribution is -2.25. The topological polar surface area (TPSA) is 38.8 Å². The molecule has 5 heteroatoms. The van der Waals surface area contributed by atoms with E-state index in [2.05, 4.69) is 0 Å². The van der Waals surface area contributed by atoms with Gasteiger partial charge in [-0.25, -0.2) is 0 Å². The van der Waals surface area contributed by atoms with Crippen LogP contribution in [0.2, 0.25) is 0 Å². The number of aryl methyl sites for hydroxylation is 1. The summed E-state index contributed by atoms with van der Waals surface area (Å²) in [4.78, 5) is 16.0. The molecule has 0 fully saturated rings. The van der Waals surface area contributed by atoms with Crippen LogP contribution >= 0.6 is 11.3 Å². The van der Waals surface area contributed by atoms with Gasteiger partial charge in [0.15, 0.2) is 11.5 Å². The summed E-state index contributed by atoms with van der Waals surface area (Å²) in [5.41, 5.74) is 1.03. The molecule has 2 heterocycles. The second kappa shape index (κ2) is 5.77. The summed E-state index contributed by atoms with van der Waals surface area (Å²) >= 11 is 1.52. The van der Waals surface area contributed by atoms with E-state index in [9.17, 15) is 4.79 Å². The third-order valence-electron chi connectivity index (χ3n) is 3.32. The number of thiophene rings is 1. The Hall–Kier alpha value is -2.01. The molecule has 1 aliphatic heterocycles. The van der Waals surface area contributed by atoms with E-state index < -0.39 is 0 Å². The predicted octanol–water partition coefficient (Wildman–Crippen LogP) is 3.10. The van der Waals surface area contributed by atoms with Crippen molar-refractivity contribution in [1.29, 1.82) is 0 Å². The minimum atomic E-state index is 0.0444. The Morgan fingerprint density at radius 3 is 2.67 bits per heavy atom. The molecule has 0 radical (unpaired) electrons. The lowest BCUT2D eigenvalue weighted by Gasteiger charge is -2.21. The first kappa shape index (κ1) is 13.9. The average Bonchev–Trinajstić information content (AvgIpc) is 2.93. The van der Waals surface area contributed by atoms with Crippen molar-refractivity contribution in [3.63, 3.8) is 0 Å². The van der Waals surface area contributed by atoms with Crippen LogP contribution in [0.15, 0.2) is 30.3 Å². The second-order valence-electron chi connectivity index (χ2n) is 5.05. The van der Waals surface area contributed by atoms with E-state index >= 15 is 0 Å². The summed E-state index contributed by atoms with van der Waals surface area (Å²) in [6.45, 7) is 3.71. The molecular formula is C16H17NO3S. The van der Waals surface area contributed by atoms with Gasteiger partial charge in [0.2, 0.25) is 0 Å². The molecule has 4 nitrogen and oxygen atoms in total. The van der Waals surface area contributed by atoms with Crippen molar-refractivity contribution in [3.8, 4) is 11.5 Å². The largest absolute Gasteiger partial charge is 0.486 e. The zero-order valence-electron chi connectivity index (χ0n) is 12.1. The van der Waals surface area contributed by atoms with Gasteiger partial charge in [0.1, 0.15) is 13.2 Å². The Morgan fingerprint density at radius 2 is 1.95 bits per heavy atom. The molecule has 0 N–H and O–H groups in total. The van der Waals surface area contributed by atoms with Gasteiger partial charge in [0, 0.05) is 18.5 Å². The van der Waals surface area contributed by atoms with Gasteiger partial charge in [0.25, 0.3) is 5.91 Å². The third-order valence-corrected chi connectivity index (χ3v) is 4.31. The van der Waals surface area contributed by atoms with Gasteiger partial charge in [-0.1, -0.05) is 6.07 Å². The van der Waals surface area contributed by atoms with Gasteiger partial charge in [-0.05, 0) is 36.8 Å². The van der Waals surface area contributed by atoms with Gasteiger partial charge in [0.05, 0.1) is 4.88 Å². The van der Waals surface area contributed by atoms with Crippen LogP contribution in [0.3, 0.4) is 0 Å². The molecule has 0 saturated heterocycles. The molecule has 0 aliphatic carbocycles. The van der Waals surface area contributed by atoms with Crippen molar-refractivity contribution < 1.29 is 14.3 Å². The molecule has 0 saturated carbocycles. The van der Waals surface area contributed by atoms with E-state index in [4.69, 9.17) is 9.47 Å². The molecule has 1 aromatic heterocycles. The first-order valence-corrected chi connectivity index (χ1v) is 7.65. The highest BCUT2D eigenvalue weighted by molar-refractivity contribution is 7.13. The highest BCUT2D eigenvalue weighted by Gasteiger charge is 2.16. The molecule has 2 aromatic rings. The summed E-state index contributed by atoms with van der Waals surface area (Å²) in [5, 5.41) is 0. The molecular weight excluding hydrogens is 286 g/mol. The maximum Gasteiger partial charge on any atom is 0.263 e. The number of nitrogens with zero attached hydrogens (tertiary/aromatic N) is 1.